The first kappa shape index (κ1) is 26.9. The summed E-state index contributed by atoms with van der Waals surface area (Å²) in [7, 11) is 0. The van der Waals surface area contributed by atoms with Crippen LogP contribution in [0.1, 0.15) is 82.6 Å². The molecule has 0 radical (unpaired) electrons. The topological polar surface area (TPSA) is 104 Å². The Labute approximate surface area is 226 Å². The number of allylic oxidation sites excluding steroid dienone is 2. The molecule has 3 fully saturated rings. The number of rotatable bonds is 6. The molecule has 0 unspecified atom stereocenters. The zero-order valence-electron chi connectivity index (χ0n) is 22.9. The van der Waals surface area contributed by atoms with Gasteiger partial charge in [0.05, 0.1) is 11.8 Å². The van der Waals surface area contributed by atoms with Crippen LogP contribution in [0.3, 0.4) is 0 Å². The lowest BCUT2D eigenvalue weighted by molar-refractivity contribution is -0.126. The van der Waals surface area contributed by atoms with E-state index >= 15 is 0 Å². The van der Waals surface area contributed by atoms with Crippen molar-refractivity contribution in [2.75, 3.05) is 13.2 Å². The first-order valence-electron chi connectivity index (χ1n) is 14.1. The highest BCUT2D eigenvalue weighted by molar-refractivity contribution is 5.96. The number of amides is 1. The summed E-state index contributed by atoms with van der Waals surface area (Å²) in [5.41, 5.74) is 2.86. The maximum atomic E-state index is 12.2. The van der Waals surface area contributed by atoms with Gasteiger partial charge >= 0.3 is 0 Å². The molecule has 204 valence electrons. The lowest BCUT2D eigenvalue weighted by Crippen LogP contribution is -2.54. The second-order valence-electron chi connectivity index (χ2n) is 12.4. The number of nitrogens with one attached hydrogen (secondary N) is 1. The van der Waals surface area contributed by atoms with Gasteiger partial charge in [0, 0.05) is 29.4 Å². The SMILES string of the molecule is C#C[C@@]1(O)CC[C@@H]2[C@@H]3CCC4=CC(=NOCC(=O)NC[C@@H](O)c5ccc(C)nc5)CC[C@@]4(C)[C@H]3CC[C@]21C. The molecule has 38 heavy (non-hydrogen) atoms. The van der Waals surface area contributed by atoms with Crippen LogP contribution in [0, 0.1) is 47.9 Å². The van der Waals surface area contributed by atoms with E-state index in [-0.39, 0.29) is 29.9 Å². The lowest BCUT2D eigenvalue weighted by atomic mass is 9.46. The molecule has 4 aliphatic rings. The molecule has 4 aliphatic carbocycles. The van der Waals surface area contributed by atoms with Gasteiger partial charge in [0.15, 0.2) is 6.61 Å². The molecule has 0 saturated heterocycles. The molecule has 7 heteroatoms. The summed E-state index contributed by atoms with van der Waals surface area (Å²) in [6.07, 6.45) is 16.6. The Bertz CT molecular complexity index is 1170. The van der Waals surface area contributed by atoms with Gasteiger partial charge in [-0.15, -0.1) is 6.42 Å². The second kappa shape index (κ2) is 10.1. The smallest absolute Gasteiger partial charge is 0.260 e. The highest BCUT2D eigenvalue weighted by Crippen LogP contribution is 2.67. The van der Waals surface area contributed by atoms with Gasteiger partial charge in [-0.3, -0.25) is 9.78 Å². The van der Waals surface area contributed by atoms with Gasteiger partial charge in [0.2, 0.25) is 0 Å². The average Bonchev–Trinajstić information content (AvgIpc) is 3.18. The molecule has 1 heterocycles. The number of carbonyl (C=O) groups excluding carboxylic acids is 1. The maximum Gasteiger partial charge on any atom is 0.260 e. The molecule has 0 bridgehead atoms. The van der Waals surface area contributed by atoms with Crippen molar-refractivity contribution >= 4 is 11.6 Å². The fourth-order valence-electron chi connectivity index (χ4n) is 8.13. The number of hydrogen-bond donors (Lipinski definition) is 3. The fraction of sp³-hybridized carbons (Fsp3) is 0.645. The van der Waals surface area contributed by atoms with E-state index in [2.05, 4.69) is 41.3 Å². The van der Waals surface area contributed by atoms with Crippen LogP contribution in [0.5, 0.6) is 0 Å². The molecule has 0 aliphatic heterocycles. The van der Waals surface area contributed by atoms with Crippen molar-refractivity contribution < 1.29 is 19.8 Å². The minimum Gasteiger partial charge on any atom is -0.387 e. The summed E-state index contributed by atoms with van der Waals surface area (Å²) < 4.78 is 0. The third-order valence-electron chi connectivity index (χ3n) is 10.6. The van der Waals surface area contributed by atoms with Gasteiger partial charge in [-0.1, -0.05) is 36.6 Å². The van der Waals surface area contributed by atoms with Crippen LogP contribution in [-0.2, 0) is 9.63 Å². The number of fused-ring (bicyclic) bond motifs is 5. The molecule has 7 nitrogen and oxygen atoms in total. The zero-order valence-corrected chi connectivity index (χ0v) is 22.9. The van der Waals surface area contributed by atoms with Crippen molar-refractivity contribution in [3.05, 3.63) is 41.2 Å². The van der Waals surface area contributed by atoms with Crippen molar-refractivity contribution in [1.29, 1.82) is 0 Å². The van der Waals surface area contributed by atoms with E-state index in [9.17, 15) is 15.0 Å². The van der Waals surface area contributed by atoms with Gasteiger partial charge in [0.25, 0.3) is 5.91 Å². The van der Waals surface area contributed by atoms with E-state index in [1.807, 2.05) is 13.0 Å². The van der Waals surface area contributed by atoms with E-state index in [1.165, 1.54) is 5.57 Å². The number of aliphatic hydroxyl groups is 2. The van der Waals surface area contributed by atoms with Gasteiger partial charge in [-0.2, -0.15) is 0 Å². The quantitative estimate of drug-likeness (QED) is 0.385. The van der Waals surface area contributed by atoms with Gasteiger partial charge in [0.1, 0.15) is 5.60 Å². The first-order chi connectivity index (χ1) is 18.1. The Balaban J connectivity index is 1.16. The highest BCUT2D eigenvalue weighted by Gasteiger charge is 2.63. The maximum absolute atomic E-state index is 12.2. The second-order valence-corrected chi connectivity index (χ2v) is 12.4. The van der Waals surface area contributed by atoms with E-state index in [1.54, 1.807) is 12.3 Å². The van der Waals surface area contributed by atoms with Crippen LogP contribution in [0.2, 0.25) is 0 Å². The molecule has 7 atom stereocenters. The molecule has 3 N–H and O–H groups in total. The number of carbonyl (C=O) groups is 1. The summed E-state index contributed by atoms with van der Waals surface area (Å²) >= 11 is 0. The molecule has 0 spiro atoms. The van der Waals surface area contributed by atoms with Crippen LogP contribution >= 0.6 is 0 Å². The number of terminal acetylenes is 1. The molecule has 1 aromatic heterocycles. The number of oxime groups is 1. The summed E-state index contributed by atoms with van der Waals surface area (Å²) in [5, 5.41) is 28.4. The number of hydrogen-bond acceptors (Lipinski definition) is 6. The van der Waals surface area contributed by atoms with E-state index in [4.69, 9.17) is 11.3 Å². The van der Waals surface area contributed by atoms with E-state index < -0.39 is 11.7 Å². The van der Waals surface area contributed by atoms with E-state index in [0.29, 0.717) is 23.3 Å². The van der Waals surface area contributed by atoms with Crippen LogP contribution in [-0.4, -0.2) is 45.6 Å². The number of aryl methyl sites for hydroxylation is 1. The van der Waals surface area contributed by atoms with Crippen molar-refractivity contribution in [2.45, 2.75) is 83.8 Å². The fourth-order valence-corrected chi connectivity index (χ4v) is 8.13. The Morgan fingerprint density at radius 2 is 2.03 bits per heavy atom. The molecule has 0 aromatic carbocycles. The molecule has 3 saturated carbocycles. The monoisotopic (exact) mass is 519 g/mol. The summed E-state index contributed by atoms with van der Waals surface area (Å²) in [6, 6.07) is 3.63. The molecule has 1 aromatic rings. The minimum absolute atomic E-state index is 0.0905. The van der Waals surface area contributed by atoms with Crippen LogP contribution in [0.4, 0.5) is 0 Å². The molecule has 1 amide bonds. The van der Waals surface area contributed by atoms with E-state index in [0.717, 1.165) is 62.8 Å². The summed E-state index contributed by atoms with van der Waals surface area (Å²) in [5.74, 6) is 4.13. The Morgan fingerprint density at radius 1 is 1.24 bits per heavy atom. The van der Waals surface area contributed by atoms with Crippen LogP contribution < -0.4 is 5.32 Å². The first-order valence-corrected chi connectivity index (χ1v) is 14.1. The minimum atomic E-state index is -0.967. The standard InChI is InChI=1S/C31H41N3O4/c1-5-31(37)15-12-26-24-9-8-22-16-23(10-13-29(22,3)25(24)11-14-30(26,31)4)34-38-19-28(36)33-18-27(35)21-7-6-20(2)32-17-21/h1,6-7,16-17,24-27,35,37H,8-15,18-19H2,2-4H3,(H,33,36)/t24-,25+,26-,27-,29-,30-,31-/m1/s1. The predicted molar refractivity (Wildman–Crippen MR) is 146 cm³/mol. The lowest BCUT2D eigenvalue weighted by Gasteiger charge is -2.58. The predicted octanol–water partition coefficient (Wildman–Crippen LogP) is 4.24. The molecular formula is C31H41N3O4. The summed E-state index contributed by atoms with van der Waals surface area (Å²) in [6.45, 7) is 6.43. The Hall–Kier alpha value is -2.69. The van der Waals surface area contributed by atoms with Crippen molar-refractivity contribution in [1.82, 2.24) is 10.3 Å². The van der Waals surface area contributed by atoms with Gasteiger partial charge < -0.3 is 20.4 Å². The van der Waals surface area contributed by atoms with Gasteiger partial charge in [-0.05, 0) is 93.6 Å². The number of aliphatic hydroxyl groups excluding tert-OH is 1. The largest absolute Gasteiger partial charge is 0.387 e. The van der Waals surface area contributed by atoms with Crippen LogP contribution in [0.25, 0.3) is 0 Å². The highest BCUT2D eigenvalue weighted by atomic mass is 16.6. The zero-order chi connectivity index (χ0) is 27.1. The third kappa shape index (κ3) is 4.56. The van der Waals surface area contributed by atoms with Crippen molar-refractivity contribution in [3.63, 3.8) is 0 Å². The molecule has 5 rings (SSSR count). The number of nitrogens with zero attached hydrogens (tertiary/aromatic N) is 2. The van der Waals surface area contributed by atoms with Gasteiger partial charge in [-0.25, -0.2) is 0 Å². The Kier molecular flexibility index (Phi) is 7.17. The number of aromatic nitrogens is 1. The Morgan fingerprint density at radius 3 is 2.76 bits per heavy atom. The molecular weight excluding hydrogens is 478 g/mol. The van der Waals surface area contributed by atoms with Crippen molar-refractivity contribution in [2.24, 2.45) is 33.7 Å². The van der Waals surface area contributed by atoms with Crippen molar-refractivity contribution in [3.8, 4) is 12.3 Å². The normalized spacial score (nSPS) is 37.7. The number of pyridine rings is 1. The summed E-state index contributed by atoms with van der Waals surface area (Å²) in [4.78, 5) is 21.8. The van der Waals surface area contributed by atoms with Crippen LogP contribution in [0.15, 0.2) is 35.1 Å². The average molecular weight is 520 g/mol. The third-order valence-corrected chi connectivity index (χ3v) is 10.6.